The summed E-state index contributed by atoms with van der Waals surface area (Å²) in [6.07, 6.45) is 12.2. The smallest absolute Gasteiger partial charge is 0.286 e. The van der Waals surface area contributed by atoms with Gasteiger partial charge in [0, 0.05) is 30.3 Å². The van der Waals surface area contributed by atoms with Crippen molar-refractivity contribution in [1.82, 2.24) is 14.7 Å². The summed E-state index contributed by atoms with van der Waals surface area (Å²) in [6, 6.07) is 10.3. The number of carbonyl (C=O) groups is 1. The quantitative estimate of drug-likeness (QED) is 0.607. The molecule has 0 spiro atoms. The van der Waals surface area contributed by atoms with Gasteiger partial charge in [0.05, 0.1) is 29.5 Å². The maximum Gasteiger partial charge on any atom is 0.286 e. The fraction of sp³-hybridized carbons (Fsp3) is 0.519. The number of carbonyl (C=O) groups excluding carboxylic acids is 1. The standard InChI is InChI=1S/C27H30N4O2S/c32-25-23(34-26(28-25)30-6-8-33-9-7-30)13-21-17-31(22-4-2-1-3-5-22)29-24(21)27-14-18-10-19(15-27)12-20(11-18)16-27/h1-5,13,17-20H,6-12,14-16H2/b23-13-. The van der Waals surface area contributed by atoms with Crippen LogP contribution in [0.5, 0.6) is 0 Å². The number of morpholine rings is 1. The van der Waals surface area contributed by atoms with Crippen LogP contribution in [0.2, 0.25) is 0 Å². The van der Waals surface area contributed by atoms with Crippen molar-refractivity contribution in [2.45, 2.75) is 43.9 Å². The van der Waals surface area contributed by atoms with Gasteiger partial charge in [0.25, 0.3) is 5.91 Å². The molecule has 34 heavy (non-hydrogen) atoms. The molecular weight excluding hydrogens is 444 g/mol. The average Bonchev–Trinajstić information content (AvgIpc) is 3.44. The monoisotopic (exact) mass is 474 g/mol. The molecule has 3 heterocycles. The van der Waals surface area contributed by atoms with Crippen LogP contribution in [0.3, 0.4) is 0 Å². The second-order valence-corrected chi connectivity index (χ2v) is 11.8. The van der Waals surface area contributed by atoms with Crippen molar-refractivity contribution in [2.75, 3.05) is 26.3 Å². The highest BCUT2D eigenvalue weighted by Crippen LogP contribution is 2.61. The van der Waals surface area contributed by atoms with Gasteiger partial charge in [0.1, 0.15) is 0 Å². The third-order valence-corrected chi connectivity index (χ3v) is 9.53. The topological polar surface area (TPSA) is 59.7 Å². The highest BCUT2D eigenvalue weighted by atomic mass is 32.2. The summed E-state index contributed by atoms with van der Waals surface area (Å²) in [5.41, 5.74) is 3.52. The van der Waals surface area contributed by atoms with Crippen LogP contribution in [0.15, 0.2) is 46.4 Å². The van der Waals surface area contributed by atoms with Gasteiger partial charge < -0.3 is 9.64 Å². The van der Waals surface area contributed by atoms with E-state index < -0.39 is 0 Å². The second kappa shape index (κ2) is 8.09. The molecule has 1 amide bonds. The molecule has 0 radical (unpaired) electrons. The Balaban J connectivity index is 1.27. The molecule has 0 atom stereocenters. The molecular formula is C27H30N4O2S. The molecule has 4 saturated carbocycles. The number of ether oxygens (including phenoxy) is 1. The molecule has 0 N–H and O–H groups in total. The molecule has 2 aliphatic heterocycles. The zero-order chi connectivity index (χ0) is 22.7. The molecule has 1 aromatic carbocycles. The van der Waals surface area contributed by atoms with Gasteiger partial charge in [-0.05, 0) is 86.2 Å². The first kappa shape index (κ1) is 20.9. The van der Waals surface area contributed by atoms with Gasteiger partial charge in [-0.3, -0.25) is 4.79 Å². The fourth-order valence-electron chi connectivity index (χ4n) is 7.45. The van der Waals surface area contributed by atoms with Crippen molar-refractivity contribution in [3.8, 4) is 5.69 Å². The van der Waals surface area contributed by atoms with Crippen LogP contribution >= 0.6 is 11.8 Å². The first-order valence-corrected chi connectivity index (χ1v) is 13.5. The Kier molecular flexibility index (Phi) is 4.99. The normalized spacial score (nSPS) is 33.7. The molecule has 6 nitrogen and oxygen atoms in total. The van der Waals surface area contributed by atoms with Crippen LogP contribution in [0, 0.1) is 17.8 Å². The molecule has 5 fully saturated rings. The van der Waals surface area contributed by atoms with Crippen LogP contribution in [0.4, 0.5) is 0 Å². The minimum Gasteiger partial charge on any atom is -0.378 e. The number of amides is 1. The van der Waals surface area contributed by atoms with Crippen molar-refractivity contribution in [3.63, 3.8) is 0 Å². The molecule has 2 aromatic rings. The van der Waals surface area contributed by atoms with E-state index in [1.165, 1.54) is 56.0 Å². The number of aliphatic imine (C=N–C) groups is 1. The van der Waals surface area contributed by atoms with Crippen LogP contribution in [0.25, 0.3) is 11.8 Å². The molecule has 8 rings (SSSR count). The molecule has 0 unspecified atom stereocenters. The lowest BCUT2D eigenvalue weighted by molar-refractivity contribution is -0.113. The Morgan fingerprint density at radius 3 is 2.35 bits per heavy atom. The van der Waals surface area contributed by atoms with Crippen LogP contribution in [0.1, 0.15) is 49.8 Å². The Bertz CT molecular complexity index is 1140. The first-order valence-electron chi connectivity index (χ1n) is 12.7. The lowest BCUT2D eigenvalue weighted by Gasteiger charge is -2.56. The summed E-state index contributed by atoms with van der Waals surface area (Å²) in [7, 11) is 0. The average molecular weight is 475 g/mol. The fourth-order valence-corrected chi connectivity index (χ4v) is 8.40. The van der Waals surface area contributed by atoms with E-state index in [0.29, 0.717) is 18.1 Å². The van der Waals surface area contributed by atoms with Crippen LogP contribution in [-0.4, -0.2) is 52.1 Å². The molecule has 1 aromatic heterocycles. The summed E-state index contributed by atoms with van der Waals surface area (Å²) in [6.45, 7) is 2.95. The van der Waals surface area contributed by atoms with Gasteiger partial charge in [0.15, 0.2) is 5.17 Å². The predicted octanol–water partition coefficient (Wildman–Crippen LogP) is 4.64. The van der Waals surface area contributed by atoms with Gasteiger partial charge in [-0.2, -0.15) is 10.1 Å². The van der Waals surface area contributed by atoms with Gasteiger partial charge in [-0.25, -0.2) is 4.68 Å². The minimum absolute atomic E-state index is 0.129. The van der Waals surface area contributed by atoms with E-state index >= 15 is 0 Å². The summed E-state index contributed by atoms with van der Waals surface area (Å²) in [5, 5.41) is 6.05. The zero-order valence-electron chi connectivity index (χ0n) is 19.4. The molecule has 4 bridgehead atoms. The van der Waals surface area contributed by atoms with Gasteiger partial charge in [-0.15, -0.1) is 0 Å². The summed E-state index contributed by atoms with van der Waals surface area (Å²) in [4.78, 5) is 20.2. The van der Waals surface area contributed by atoms with E-state index in [9.17, 15) is 4.79 Å². The number of amidine groups is 1. The number of para-hydroxylation sites is 1. The maximum absolute atomic E-state index is 12.9. The number of nitrogens with zero attached hydrogens (tertiary/aromatic N) is 4. The van der Waals surface area contributed by atoms with Crippen LogP contribution < -0.4 is 0 Å². The Morgan fingerprint density at radius 2 is 1.68 bits per heavy atom. The zero-order valence-corrected chi connectivity index (χ0v) is 20.2. The minimum atomic E-state index is -0.129. The molecule has 7 heteroatoms. The van der Waals surface area contributed by atoms with E-state index in [0.717, 1.165) is 47.3 Å². The van der Waals surface area contributed by atoms with Crippen molar-refractivity contribution in [1.29, 1.82) is 0 Å². The Labute approximate surface area is 204 Å². The number of thioether (sulfide) groups is 1. The van der Waals surface area contributed by atoms with E-state index in [1.807, 2.05) is 10.7 Å². The Morgan fingerprint density at radius 1 is 1.00 bits per heavy atom. The summed E-state index contributed by atoms with van der Waals surface area (Å²) < 4.78 is 7.49. The molecule has 1 saturated heterocycles. The van der Waals surface area contributed by atoms with Crippen molar-refractivity contribution < 1.29 is 9.53 Å². The number of benzene rings is 1. The van der Waals surface area contributed by atoms with E-state index in [4.69, 9.17) is 9.84 Å². The van der Waals surface area contributed by atoms with Crippen molar-refractivity contribution in [3.05, 3.63) is 52.7 Å². The Hall–Kier alpha value is -2.38. The molecule has 6 aliphatic rings. The first-order chi connectivity index (χ1) is 16.6. The van der Waals surface area contributed by atoms with Crippen LogP contribution in [-0.2, 0) is 14.9 Å². The van der Waals surface area contributed by atoms with Crippen molar-refractivity contribution in [2.24, 2.45) is 22.7 Å². The lowest BCUT2D eigenvalue weighted by Crippen LogP contribution is -2.49. The molecule has 4 aliphatic carbocycles. The van der Waals surface area contributed by atoms with Crippen molar-refractivity contribution >= 4 is 28.9 Å². The highest BCUT2D eigenvalue weighted by molar-refractivity contribution is 8.18. The SMILES string of the molecule is O=C1N=C(N2CCOCC2)S/C1=C\c1cn(-c2ccccc2)nc1C12CC3CC(CC(C3)C1)C2. The number of hydrogen-bond acceptors (Lipinski definition) is 5. The second-order valence-electron chi connectivity index (χ2n) is 10.8. The molecule has 176 valence electrons. The third kappa shape index (κ3) is 3.55. The largest absolute Gasteiger partial charge is 0.378 e. The van der Waals surface area contributed by atoms with Gasteiger partial charge >= 0.3 is 0 Å². The van der Waals surface area contributed by atoms with Gasteiger partial charge in [-0.1, -0.05) is 18.2 Å². The lowest BCUT2D eigenvalue weighted by atomic mass is 9.48. The van der Waals surface area contributed by atoms with E-state index in [1.54, 1.807) is 0 Å². The number of rotatable bonds is 3. The summed E-state index contributed by atoms with van der Waals surface area (Å²) >= 11 is 1.51. The highest BCUT2D eigenvalue weighted by Gasteiger charge is 2.53. The summed E-state index contributed by atoms with van der Waals surface area (Å²) in [5.74, 6) is 2.39. The third-order valence-electron chi connectivity index (χ3n) is 8.48. The maximum atomic E-state index is 12.9. The van der Waals surface area contributed by atoms with E-state index in [2.05, 4.69) is 46.4 Å². The van der Waals surface area contributed by atoms with E-state index in [-0.39, 0.29) is 11.3 Å². The van der Waals surface area contributed by atoms with Gasteiger partial charge in [0.2, 0.25) is 0 Å². The number of hydrogen-bond donors (Lipinski definition) is 0. The predicted molar refractivity (Wildman–Crippen MR) is 134 cm³/mol. The number of aromatic nitrogens is 2.